The summed E-state index contributed by atoms with van der Waals surface area (Å²) < 4.78 is 26.9. The van der Waals surface area contributed by atoms with Gasteiger partial charge >= 0.3 is 0 Å². The topological polar surface area (TPSA) is 46.2 Å². The largest absolute Gasteiger partial charge is 0.270 e. The van der Waals surface area contributed by atoms with E-state index in [1.807, 2.05) is 23.6 Å². The minimum atomic E-state index is -3.49. The van der Waals surface area contributed by atoms with Crippen LogP contribution in [0.2, 0.25) is 0 Å². The minimum absolute atomic E-state index is 0.0173. The normalized spacial score (nSPS) is 12.4. The van der Waals surface area contributed by atoms with Gasteiger partial charge in [-0.15, -0.1) is 11.3 Å². The molecule has 5 heteroatoms. The summed E-state index contributed by atoms with van der Waals surface area (Å²) in [5.41, 5.74) is 1.13. The fourth-order valence-electron chi connectivity index (χ4n) is 1.66. The van der Waals surface area contributed by atoms with Crippen LogP contribution in [0.25, 0.3) is 0 Å². The fraction of sp³-hybridized carbons (Fsp3) is 0.286. The fourth-order valence-corrected chi connectivity index (χ4v) is 3.59. The van der Waals surface area contributed by atoms with Crippen LogP contribution in [0.4, 0.5) is 5.00 Å². The molecule has 0 aliphatic carbocycles. The van der Waals surface area contributed by atoms with E-state index in [0.29, 0.717) is 5.00 Å². The first-order chi connectivity index (χ1) is 8.79. The van der Waals surface area contributed by atoms with Crippen molar-refractivity contribution in [2.45, 2.75) is 31.1 Å². The van der Waals surface area contributed by atoms with E-state index in [1.165, 1.54) is 11.3 Å². The summed E-state index contributed by atoms with van der Waals surface area (Å²) in [6.45, 7) is 6.29. The van der Waals surface area contributed by atoms with Gasteiger partial charge in [0.05, 0.1) is 4.90 Å². The van der Waals surface area contributed by atoms with Crippen LogP contribution in [0.15, 0.2) is 46.7 Å². The molecule has 2 rings (SSSR count). The maximum atomic E-state index is 12.2. The predicted octanol–water partition coefficient (Wildman–Crippen LogP) is 3.85. The standard InChI is InChI=1S/C14H17NO2S2/c1-14(2,3)11-6-8-12(9-7-11)19(16,17)15-13-5-4-10-18-13/h4-10,15H,1-3H3. The molecule has 2 aromatic rings. The van der Waals surface area contributed by atoms with Crippen molar-refractivity contribution in [3.05, 3.63) is 47.3 Å². The molecule has 102 valence electrons. The molecule has 3 nitrogen and oxygen atoms in total. The second kappa shape index (κ2) is 4.98. The van der Waals surface area contributed by atoms with Gasteiger partial charge in [-0.05, 0) is 40.6 Å². The Morgan fingerprint density at radius 1 is 1.05 bits per heavy atom. The van der Waals surface area contributed by atoms with E-state index in [1.54, 1.807) is 18.2 Å². The Morgan fingerprint density at radius 2 is 1.68 bits per heavy atom. The van der Waals surface area contributed by atoms with Gasteiger partial charge in [-0.3, -0.25) is 4.72 Å². The molecule has 1 aromatic heterocycles. The molecule has 19 heavy (non-hydrogen) atoms. The monoisotopic (exact) mass is 295 g/mol. The van der Waals surface area contributed by atoms with Crippen molar-refractivity contribution in [3.8, 4) is 0 Å². The van der Waals surface area contributed by atoms with Gasteiger partial charge in [-0.25, -0.2) is 8.42 Å². The zero-order valence-electron chi connectivity index (χ0n) is 11.2. The molecular weight excluding hydrogens is 278 g/mol. The van der Waals surface area contributed by atoms with Crippen LogP contribution in [0.5, 0.6) is 0 Å². The Morgan fingerprint density at radius 3 is 2.16 bits per heavy atom. The van der Waals surface area contributed by atoms with Gasteiger partial charge in [-0.1, -0.05) is 32.9 Å². The summed E-state index contributed by atoms with van der Waals surface area (Å²) in [5, 5.41) is 2.46. The highest BCUT2D eigenvalue weighted by Gasteiger charge is 2.17. The summed E-state index contributed by atoms with van der Waals surface area (Å²) in [5.74, 6) is 0. The molecule has 0 atom stereocenters. The van der Waals surface area contributed by atoms with Crippen LogP contribution >= 0.6 is 11.3 Å². The van der Waals surface area contributed by atoms with Crippen LogP contribution in [-0.2, 0) is 15.4 Å². The lowest BCUT2D eigenvalue weighted by Gasteiger charge is -2.19. The molecule has 1 heterocycles. The zero-order chi connectivity index (χ0) is 14.1. The predicted molar refractivity (Wildman–Crippen MR) is 80.3 cm³/mol. The number of hydrogen-bond donors (Lipinski definition) is 1. The third kappa shape index (κ3) is 3.36. The number of sulfonamides is 1. The van der Waals surface area contributed by atoms with Crippen molar-refractivity contribution in [2.75, 3.05) is 4.72 Å². The number of anilines is 1. The average Bonchev–Trinajstić information content (AvgIpc) is 2.80. The van der Waals surface area contributed by atoms with Crippen molar-refractivity contribution in [1.82, 2.24) is 0 Å². The average molecular weight is 295 g/mol. The molecule has 0 saturated heterocycles. The first-order valence-electron chi connectivity index (χ1n) is 5.96. The lowest BCUT2D eigenvalue weighted by Crippen LogP contribution is -2.14. The molecule has 0 radical (unpaired) electrons. The molecular formula is C14H17NO2S2. The summed E-state index contributed by atoms with van der Waals surface area (Å²) in [6.07, 6.45) is 0. The smallest absolute Gasteiger partial charge is 0.262 e. The van der Waals surface area contributed by atoms with E-state index in [2.05, 4.69) is 25.5 Å². The number of benzene rings is 1. The lowest BCUT2D eigenvalue weighted by atomic mass is 9.87. The van der Waals surface area contributed by atoms with E-state index in [0.717, 1.165) is 5.56 Å². The highest BCUT2D eigenvalue weighted by molar-refractivity contribution is 7.93. The maximum Gasteiger partial charge on any atom is 0.262 e. The number of thiophene rings is 1. The Labute approximate surface area is 118 Å². The minimum Gasteiger partial charge on any atom is -0.270 e. The molecule has 0 saturated carbocycles. The maximum absolute atomic E-state index is 12.2. The second-order valence-electron chi connectivity index (χ2n) is 5.36. The molecule has 0 aliphatic rings. The summed E-state index contributed by atoms with van der Waals surface area (Å²) >= 11 is 1.36. The first kappa shape index (κ1) is 14.1. The van der Waals surface area contributed by atoms with E-state index >= 15 is 0 Å². The Hall–Kier alpha value is -1.33. The summed E-state index contributed by atoms with van der Waals surface area (Å²) in [7, 11) is -3.49. The van der Waals surface area contributed by atoms with E-state index in [9.17, 15) is 8.42 Å². The molecule has 0 spiro atoms. The molecule has 0 amide bonds. The van der Waals surface area contributed by atoms with Crippen molar-refractivity contribution >= 4 is 26.4 Å². The van der Waals surface area contributed by atoms with Gasteiger partial charge in [0.25, 0.3) is 10.0 Å². The van der Waals surface area contributed by atoms with Crippen molar-refractivity contribution < 1.29 is 8.42 Å². The second-order valence-corrected chi connectivity index (χ2v) is 7.99. The van der Waals surface area contributed by atoms with Crippen LogP contribution in [0.3, 0.4) is 0 Å². The van der Waals surface area contributed by atoms with Gasteiger partial charge in [-0.2, -0.15) is 0 Å². The van der Waals surface area contributed by atoms with Gasteiger partial charge < -0.3 is 0 Å². The van der Waals surface area contributed by atoms with Crippen molar-refractivity contribution in [2.24, 2.45) is 0 Å². The van der Waals surface area contributed by atoms with Crippen molar-refractivity contribution in [3.63, 3.8) is 0 Å². The third-order valence-electron chi connectivity index (χ3n) is 2.79. The SMILES string of the molecule is CC(C)(C)c1ccc(S(=O)(=O)Nc2cccs2)cc1. The molecule has 0 bridgehead atoms. The summed E-state index contributed by atoms with van der Waals surface area (Å²) in [4.78, 5) is 0.286. The molecule has 1 N–H and O–H groups in total. The van der Waals surface area contributed by atoms with Gasteiger partial charge in [0, 0.05) is 0 Å². The Bertz CT molecular complexity index is 636. The third-order valence-corrected chi connectivity index (χ3v) is 5.08. The van der Waals surface area contributed by atoms with E-state index < -0.39 is 10.0 Å². The molecule has 0 unspecified atom stereocenters. The highest BCUT2D eigenvalue weighted by atomic mass is 32.2. The molecule has 0 fully saturated rings. The molecule has 1 aromatic carbocycles. The van der Waals surface area contributed by atoms with Crippen LogP contribution < -0.4 is 4.72 Å². The quantitative estimate of drug-likeness (QED) is 0.935. The summed E-state index contributed by atoms with van der Waals surface area (Å²) in [6, 6.07) is 10.6. The van der Waals surface area contributed by atoms with Gasteiger partial charge in [0.2, 0.25) is 0 Å². The van der Waals surface area contributed by atoms with Crippen LogP contribution in [0.1, 0.15) is 26.3 Å². The van der Waals surface area contributed by atoms with Gasteiger partial charge in [0.1, 0.15) is 5.00 Å². The first-order valence-corrected chi connectivity index (χ1v) is 8.32. The van der Waals surface area contributed by atoms with E-state index in [4.69, 9.17) is 0 Å². The van der Waals surface area contributed by atoms with Gasteiger partial charge in [0.15, 0.2) is 0 Å². The zero-order valence-corrected chi connectivity index (χ0v) is 12.8. The highest BCUT2D eigenvalue weighted by Crippen LogP contribution is 2.25. The van der Waals surface area contributed by atoms with E-state index in [-0.39, 0.29) is 10.3 Å². The van der Waals surface area contributed by atoms with Crippen LogP contribution in [0, 0.1) is 0 Å². The van der Waals surface area contributed by atoms with Crippen LogP contribution in [-0.4, -0.2) is 8.42 Å². The molecule has 0 aliphatic heterocycles. The number of hydrogen-bond acceptors (Lipinski definition) is 3. The Balaban J connectivity index is 2.27. The number of rotatable bonds is 3. The lowest BCUT2D eigenvalue weighted by molar-refractivity contribution is 0.587. The van der Waals surface area contributed by atoms with Crippen molar-refractivity contribution in [1.29, 1.82) is 0 Å². The Kier molecular flexibility index (Phi) is 3.69. The number of nitrogens with one attached hydrogen (secondary N) is 1.